The van der Waals surface area contributed by atoms with Gasteiger partial charge in [0.05, 0.1) is 0 Å². The first-order chi connectivity index (χ1) is 8.77. The van der Waals surface area contributed by atoms with E-state index < -0.39 is 0 Å². The van der Waals surface area contributed by atoms with Crippen molar-refractivity contribution in [1.29, 1.82) is 0 Å². The van der Waals surface area contributed by atoms with Gasteiger partial charge in [-0.05, 0) is 42.2 Å². The smallest absolute Gasteiger partial charge is 0.194 e. The molecule has 1 aromatic heterocycles. The van der Waals surface area contributed by atoms with Gasteiger partial charge in [-0.25, -0.2) is 0 Å². The molecule has 3 rings (SSSR count). The third kappa shape index (κ3) is 1.91. The zero-order valence-electron chi connectivity index (χ0n) is 10.5. The molecule has 0 N–H and O–H groups in total. The first kappa shape index (κ1) is 11.7. The van der Waals surface area contributed by atoms with Gasteiger partial charge in [0.1, 0.15) is 0 Å². The van der Waals surface area contributed by atoms with Crippen molar-refractivity contribution in [2.75, 3.05) is 0 Å². The average Bonchev–Trinajstić information content (AvgIpc) is 2.73. The molecule has 0 atom stereocenters. The van der Waals surface area contributed by atoms with Crippen molar-refractivity contribution in [3.8, 4) is 0 Å². The minimum atomic E-state index is 0.191. The van der Waals surface area contributed by atoms with Crippen molar-refractivity contribution >= 4 is 17.1 Å². The lowest BCUT2D eigenvalue weighted by Gasteiger charge is -2.27. The number of carbonyl (C=O) groups excluding carboxylic acids is 1. The molecule has 1 saturated carbocycles. The molecule has 0 saturated heterocycles. The Bertz CT molecular complexity index is 578. The Kier molecular flexibility index (Phi) is 3.04. The van der Waals surface area contributed by atoms with Gasteiger partial charge in [-0.15, -0.1) is 0 Å². The molecule has 0 aliphatic heterocycles. The standard InChI is InChI=1S/C16H16OS/c1-11-9-18-10-15(11)16(17)14-8-3-2-7-13(14)12-5-4-6-12/h2-3,7-10,12H,4-6H2,1H3. The maximum atomic E-state index is 12.6. The van der Waals surface area contributed by atoms with Gasteiger partial charge in [0.2, 0.25) is 0 Å². The molecule has 2 aromatic rings. The molecule has 0 radical (unpaired) electrons. The molecule has 1 aliphatic rings. The van der Waals surface area contributed by atoms with Crippen LogP contribution in [0.25, 0.3) is 0 Å². The van der Waals surface area contributed by atoms with Crippen LogP contribution in [0.2, 0.25) is 0 Å². The number of hydrogen-bond donors (Lipinski definition) is 0. The molecule has 1 heterocycles. The Morgan fingerprint density at radius 1 is 1.17 bits per heavy atom. The van der Waals surface area contributed by atoms with Gasteiger partial charge in [-0.3, -0.25) is 4.79 Å². The van der Waals surface area contributed by atoms with E-state index in [4.69, 9.17) is 0 Å². The van der Waals surface area contributed by atoms with Crippen molar-refractivity contribution in [3.05, 3.63) is 57.3 Å². The second kappa shape index (κ2) is 4.69. The van der Waals surface area contributed by atoms with Crippen molar-refractivity contribution in [2.45, 2.75) is 32.1 Å². The van der Waals surface area contributed by atoms with E-state index in [1.807, 2.05) is 35.9 Å². The van der Waals surface area contributed by atoms with Crippen LogP contribution in [-0.2, 0) is 0 Å². The summed E-state index contributed by atoms with van der Waals surface area (Å²) in [5.41, 5.74) is 4.11. The van der Waals surface area contributed by atoms with Gasteiger partial charge in [0.25, 0.3) is 0 Å². The summed E-state index contributed by atoms with van der Waals surface area (Å²) in [6.07, 6.45) is 3.75. The molecule has 2 heteroatoms. The quantitative estimate of drug-likeness (QED) is 0.736. The van der Waals surface area contributed by atoms with E-state index in [1.54, 1.807) is 11.3 Å². The van der Waals surface area contributed by atoms with Crippen LogP contribution in [0.15, 0.2) is 35.0 Å². The molecule has 0 unspecified atom stereocenters. The van der Waals surface area contributed by atoms with Gasteiger partial charge in [-0.1, -0.05) is 30.7 Å². The molecule has 0 amide bonds. The van der Waals surface area contributed by atoms with E-state index in [0.29, 0.717) is 5.92 Å². The van der Waals surface area contributed by atoms with Gasteiger partial charge >= 0.3 is 0 Å². The Labute approximate surface area is 111 Å². The van der Waals surface area contributed by atoms with Gasteiger partial charge < -0.3 is 0 Å². The number of aryl methyl sites for hydroxylation is 1. The number of carbonyl (C=O) groups is 1. The van der Waals surface area contributed by atoms with E-state index in [9.17, 15) is 4.79 Å². The fourth-order valence-corrected chi connectivity index (χ4v) is 3.35. The second-order valence-corrected chi connectivity index (χ2v) is 5.76. The molecule has 1 nitrogen and oxygen atoms in total. The van der Waals surface area contributed by atoms with Crippen LogP contribution >= 0.6 is 11.3 Å². The van der Waals surface area contributed by atoms with E-state index in [0.717, 1.165) is 16.7 Å². The number of hydrogen-bond acceptors (Lipinski definition) is 2. The van der Waals surface area contributed by atoms with E-state index in [2.05, 4.69) is 6.07 Å². The topological polar surface area (TPSA) is 17.1 Å². The molecular weight excluding hydrogens is 240 g/mol. The normalized spacial score (nSPS) is 15.4. The molecule has 0 bridgehead atoms. The lowest BCUT2D eigenvalue weighted by Crippen LogP contribution is -2.14. The van der Waals surface area contributed by atoms with Crippen molar-refractivity contribution in [2.24, 2.45) is 0 Å². The Hall–Kier alpha value is -1.41. The summed E-state index contributed by atoms with van der Waals surface area (Å²) >= 11 is 1.60. The van der Waals surface area contributed by atoms with Crippen LogP contribution < -0.4 is 0 Å². The highest BCUT2D eigenvalue weighted by Gasteiger charge is 2.25. The highest BCUT2D eigenvalue weighted by atomic mass is 32.1. The zero-order valence-corrected chi connectivity index (χ0v) is 11.3. The SMILES string of the molecule is Cc1cscc1C(=O)c1ccccc1C1CCC1. The van der Waals surface area contributed by atoms with Crippen molar-refractivity contribution in [3.63, 3.8) is 0 Å². The maximum absolute atomic E-state index is 12.6. The third-order valence-corrected chi connectivity index (χ3v) is 4.71. The molecule has 1 aliphatic carbocycles. The number of rotatable bonds is 3. The minimum absolute atomic E-state index is 0.191. The van der Waals surface area contributed by atoms with Gasteiger partial charge in [0.15, 0.2) is 5.78 Å². The van der Waals surface area contributed by atoms with Crippen LogP contribution in [0.4, 0.5) is 0 Å². The van der Waals surface area contributed by atoms with Crippen LogP contribution in [0.1, 0.15) is 52.2 Å². The average molecular weight is 256 g/mol. The molecular formula is C16H16OS. The molecule has 0 spiro atoms. The highest BCUT2D eigenvalue weighted by Crippen LogP contribution is 2.38. The van der Waals surface area contributed by atoms with Gasteiger partial charge in [-0.2, -0.15) is 11.3 Å². The first-order valence-corrected chi connectivity index (χ1v) is 7.38. The van der Waals surface area contributed by atoms with Crippen LogP contribution in [0.3, 0.4) is 0 Å². The lowest BCUT2D eigenvalue weighted by molar-refractivity contribution is 0.103. The summed E-state index contributed by atoms with van der Waals surface area (Å²) in [6, 6.07) is 8.12. The van der Waals surface area contributed by atoms with Crippen LogP contribution in [0, 0.1) is 6.92 Å². The monoisotopic (exact) mass is 256 g/mol. The Balaban J connectivity index is 2.01. The zero-order chi connectivity index (χ0) is 12.5. The highest BCUT2D eigenvalue weighted by molar-refractivity contribution is 7.08. The molecule has 18 heavy (non-hydrogen) atoms. The number of benzene rings is 1. The predicted octanol–water partition coefficient (Wildman–Crippen LogP) is 4.56. The summed E-state index contributed by atoms with van der Waals surface area (Å²) in [5.74, 6) is 0.792. The fourth-order valence-electron chi connectivity index (χ4n) is 2.52. The van der Waals surface area contributed by atoms with E-state index in [1.165, 1.54) is 24.8 Å². The largest absolute Gasteiger partial charge is 0.289 e. The number of ketones is 1. The lowest BCUT2D eigenvalue weighted by atomic mass is 9.77. The fraction of sp³-hybridized carbons (Fsp3) is 0.312. The van der Waals surface area contributed by atoms with Crippen molar-refractivity contribution in [1.82, 2.24) is 0 Å². The summed E-state index contributed by atoms with van der Waals surface area (Å²) in [7, 11) is 0. The summed E-state index contributed by atoms with van der Waals surface area (Å²) < 4.78 is 0. The predicted molar refractivity (Wildman–Crippen MR) is 75.5 cm³/mol. The Morgan fingerprint density at radius 2 is 1.94 bits per heavy atom. The van der Waals surface area contributed by atoms with Gasteiger partial charge in [0, 0.05) is 16.5 Å². The van der Waals surface area contributed by atoms with Crippen LogP contribution in [-0.4, -0.2) is 5.78 Å². The molecule has 1 aromatic carbocycles. The minimum Gasteiger partial charge on any atom is -0.289 e. The number of thiophene rings is 1. The molecule has 92 valence electrons. The summed E-state index contributed by atoms with van der Waals surface area (Å²) in [6.45, 7) is 2.01. The first-order valence-electron chi connectivity index (χ1n) is 6.44. The molecule has 1 fully saturated rings. The van der Waals surface area contributed by atoms with Crippen molar-refractivity contribution < 1.29 is 4.79 Å². The Morgan fingerprint density at radius 3 is 2.56 bits per heavy atom. The third-order valence-electron chi connectivity index (χ3n) is 3.85. The van der Waals surface area contributed by atoms with E-state index >= 15 is 0 Å². The summed E-state index contributed by atoms with van der Waals surface area (Å²) in [4.78, 5) is 12.6. The second-order valence-electron chi connectivity index (χ2n) is 5.01. The summed E-state index contributed by atoms with van der Waals surface area (Å²) in [5, 5.41) is 4.01. The van der Waals surface area contributed by atoms with E-state index in [-0.39, 0.29) is 5.78 Å². The van der Waals surface area contributed by atoms with Crippen LogP contribution in [0.5, 0.6) is 0 Å². The maximum Gasteiger partial charge on any atom is 0.194 e.